The van der Waals surface area contributed by atoms with Gasteiger partial charge in [-0.2, -0.15) is 0 Å². The largest absolute Gasteiger partial charge is 0.481 e. The minimum absolute atomic E-state index is 0.102. The second-order valence-corrected chi connectivity index (χ2v) is 5.54. The van der Waals surface area contributed by atoms with Gasteiger partial charge >= 0.3 is 5.97 Å². The van der Waals surface area contributed by atoms with Crippen molar-refractivity contribution < 1.29 is 14.3 Å². The van der Waals surface area contributed by atoms with Crippen LogP contribution in [0.2, 0.25) is 0 Å². The summed E-state index contributed by atoms with van der Waals surface area (Å²) in [6, 6.07) is 12.2. The van der Waals surface area contributed by atoms with E-state index in [2.05, 4.69) is 6.92 Å². The number of hydrogen-bond donors (Lipinski definition) is 1. The Morgan fingerprint density at radius 2 is 1.90 bits per heavy atom. The predicted molar refractivity (Wildman–Crippen MR) is 77.7 cm³/mol. The average molecular weight is 290 g/mol. The molecule has 1 N–H and O–H groups in total. The Kier molecular flexibility index (Phi) is 4.79. The lowest BCUT2D eigenvalue weighted by Gasteiger charge is -2.08. The third-order valence-electron chi connectivity index (χ3n) is 2.93. The first-order valence-corrected chi connectivity index (χ1v) is 7.17. The molecule has 0 heterocycles. The standard InChI is InChI=1S/C16H15FO2S/c1-2-11-3-7-14(8-4-11)20-15-10-13(17)6-5-12(15)9-16(18)19/h3-8,10H,2,9H2,1H3,(H,18,19). The minimum Gasteiger partial charge on any atom is -0.481 e. The molecule has 0 amide bonds. The van der Waals surface area contributed by atoms with Gasteiger partial charge in [0.2, 0.25) is 0 Å². The lowest BCUT2D eigenvalue weighted by Crippen LogP contribution is -2.01. The molecule has 4 heteroatoms. The molecular formula is C16H15FO2S. The van der Waals surface area contributed by atoms with Crippen LogP contribution in [0.15, 0.2) is 52.3 Å². The quantitative estimate of drug-likeness (QED) is 0.898. The van der Waals surface area contributed by atoms with Crippen molar-refractivity contribution >= 4 is 17.7 Å². The Labute approximate surface area is 121 Å². The SMILES string of the molecule is CCc1ccc(Sc2cc(F)ccc2CC(=O)O)cc1. The lowest BCUT2D eigenvalue weighted by molar-refractivity contribution is -0.136. The maximum atomic E-state index is 13.3. The molecule has 0 spiro atoms. The highest BCUT2D eigenvalue weighted by molar-refractivity contribution is 7.99. The van der Waals surface area contributed by atoms with Gasteiger partial charge in [-0.05, 0) is 41.8 Å². The van der Waals surface area contributed by atoms with Crippen molar-refractivity contribution in [1.29, 1.82) is 0 Å². The molecule has 0 atom stereocenters. The first-order chi connectivity index (χ1) is 9.58. The van der Waals surface area contributed by atoms with Crippen LogP contribution in [0.5, 0.6) is 0 Å². The first kappa shape index (κ1) is 14.6. The number of benzene rings is 2. The van der Waals surface area contributed by atoms with Gasteiger partial charge in [0.05, 0.1) is 6.42 Å². The normalized spacial score (nSPS) is 10.5. The van der Waals surface area contributed by atoms with Crippen molar-refractivity contribution in [1.82, 2.24) is 0 Å². The molecular weight excluding hydrogens is 275 g/mol. The highest BCUT2D eigenvalue weighted by atomic mass is 32.2. The highest BCUT2D eigenvalue weighted by Gasteiger charge is 2.09. The van der Waals surface area contributed by atoms with Crippen molar-refractivity contribution in [2.75, 3.05) is 0 Å². The van der Waals surface area contributed by atoms with Gasteiger partial charge in [-0.15, -0.1) is 0 Å². The summed E-state index contributed by atoms with van der Waals surface area (Å²) in [4.78, 5) is 12.5. The van der Waals surface area contributed by atoms with Crippen molar-refractivity contribution in [3.8, 4) is 0 Å². The third kappa shape index (κ3) is 3.84. The molecule has 0 unspecified atom stereocenters. The molecule has 104 valence electrons. The number of carboxylic acid groups (broad SMARTS) is 1. The Hall–Kier alpha value is -1.81. The predicted octanol–water partition coefficient (Wildman–Crippen LogP) is 4.17. The van der Waals surface area contributed by atoms with Gasteiger partial charge in [0.1, 0.15) is 5.82 Å². The zero-order valence-electron chi connectivity index (χ0n) is 11.1. The van der Waals surface area contributed by atoms with Crippen LogP contribution in [0.25, 0.3) is 0 Å². The Bertz CT molecular complexity index is 608. The Balaban J connectivity index is 2.26. The van der Waals surface area contributed by atoms with Crippen molar-refractivity contribution in [2.24, 2.45) is 0 Å². The first-order valence-electron chi connectivity index (χ1n) is 6.35. The van der Waals surface area contributed by atoms with E-state index in [4.69, 9.17) is 5.11 Å². The Morgan fingerprint density at radius 3 is 2.50 bits per heavy atom. The molecule has 2 rings (SSSR count). The monoisotopic (exact) mass is 290 g/mol. The van der Waals surface area contributed by atoms with Gasteiger partial charge in [0.15, 0.2) is 0 Å². The topological polar surface area (TPSA) is 37.3 Å². The van der Waals surface area contributed by atoms with Crippen LogP contribution in [0, 0.1) is 5.82 Å². The Morgan fingerprint density at radius 1 is 1.20 bits per heavy atom. The third-order valence-corrected chi connectivity index (χ3v) is 4.04. The van der Waals surface area contributed by atoms with Crippen LogP contribution in [0.3, 0.4) is 0 Å². The summed E-state index contributed by atoms with van der Waals surface area (Å²) in [6.07, 6.45) is 0.866. The van der Waals surface area contributed by atoms with Crippen LogP contribution in [0.1, 0.15) is 18.1 Å². The second kappa shape index (κ2) is 6.57. The van der Waals surface area contributed by atoms with Crippen LogP contribution >= 0.6 is 11.8 Å². The van der Waals surface area contributed by atoms with Crippen molar-refractivity contribution in [3.63, 3.8) is 0 Å². The maximum absolute atomic E-state index is 13.3. The van der Waals surface area contributed by atoms with E-state index in [0.717, 1.165) is 11.3 Å². The van der Waals surface area contributed by atoms with E-state index in [0.29, 0.717) is 10.5 Å². The number of carbonyl (C=O) groups is 1. The molecule has 0 saturated carbocycles. The molecule has 20 heavy (non-hydrogen) atoms. The van der Waals surface area contributed by atoms with E-state index in [1.807, 2.05) is 24.3 Å². The molecule has 0 aromatic heterocycles. The second-order valence-electron chi connectivity index (χ2n) is 4.42. The van der Waals surface area contributed by atoms with E-state index < -0.39 is 5.97 Å². The van der Waals surface area contributed by atoms with Gasteiger partial charge in [-0.1, -0.05) is 36.9 Å². The van der Waals surface area contributed by atoms with E-state index in [-0.39, 0.29) is 12.2 Å². The van der Waals surface area contributed by atoms with E-state index in [1.54, 1.807) is 0 Å². The summed E-state index contributed by atoms with van der Waals surface area (Å²) in [6.45, 7) is 2.08. The molecule has 0 saturated heterocycles. The fraction of sp³-hybridized carbons (Fsp3) is 0.188. The maximum Gasteiger partial charge on any atom is 0.307 e. The number of halogens is 1. The number of aliphatic carboxylic acids is 1. The summed E-state index contributed by atoms with van der Waals surface area (Å²) in [5, 5.41) is 8.89. The highest BCUT2D eigenvalue weighted by Crippen LogP contribution is 2.31. The molecule has 2 nitrogen and oxygen atoms in total. The van der Waals surface area contributed by atoms with Gasteiger partial charge in [0, 0.05) is 9.79 Å². The van der Waals surface area contributed by atoms with E-state index >= 15 is 0 Å². The van der Waals surface area contributed by atoms with Gasteiger partial charge in [-0.25, -0.2) is 4.39 Å². The van der Waals surface area contributed by atoms with Crippen molar-refractivity contribution in [2.45, 2.75) is 29.6 Å². The molecule has 0 aliphatic rings. The summed E-state index contributed by atoms with van der Waals surface area (Å²) in [5.41, 5.74) is 1.86. The molecule has 0 aliphatic carbocycles. The molecule has 2 aromatic rings. The van der Waals surface area contributed by atoms with Crippen LogP contribution in [0.4, 0.5) is 4.39 Å². The van der Waals surface area contributed by atoms with Crippen LogP contribution in [-0.2, 0) is 17.6 Å². The van der Waals surface area contributed by atoms with Crippen molar-refractivity contribution in [3.05, 3.63) is 59.4 Å². The molecule has 2 aromatic carbocycles. The zero-order chi connectivity index (χ0) is 14.5. The number of rotatable bonds is 5. The summed E-state index contributed by atoms with van der Waals surface area (Å²) in [7, 11) is 0. The minimum atomic E-state index is -0.917. The average Bonchev–Trinajstić information content (AvgIpc) is 2.42. The number of hydrogen-bond acceptors (Lipinski definition) is 2. The summed E-state index contributed by atoms with van der Waals surface area (Å²) < 4.78 is 13.3. The smallest absolute Gasteiger partial charge is 0.307 e. The summed E-state index contributed by atoms with van der Waals surface area (Å²) in [5.74, 6) is -1.27. The molecule has 0 fully saturated rings. The van der Waals surface area contributed by atoms with Gasteiger partial charge in [0.25, 0.3) is 0 Å². The van der Waals surface area contributed by atoms with E-state index in [1.165, 1.54) is 35.5 Å². The molecule has 0 aliphatic heterocycles. The van der Waals surface area contributed by atoms with Gasteiger partial charge < -0.3 is 5.11 Å². The van der Waals surface area contributed by atoms with Crippen LogP contribution in [-0.4, -0.2) is 11.1 Å². The van der Waals surface area contributed by atoms with E-state index in [9.17, 15) is 9.18 Å². The van der Waals surface area contributed by atoms with Crippen LogP contribution < -0.4 is 0 Å². The fourth-order valence-electron chi connectivity index (χ4n) is 1.85. The molecule has 0 radical (unpaired) electrons. The number of aryl methyl sites for hydroxylation is 1. The number of carboxylic acids is 1. The fourth-order valence-corrected chi connectivity index (χ4v) is 2.82. The lowest BCUT2D eigenvalue weighted by atomic mass is 10.1. The zero-order valence-corrected chi connectivity index (χ0v) is 11.9. The van der Waals surface area contributed by atoms with Gasteiger partial charge in [-0.3, -0.25) is 4.79 Å². The molecule has 0 bridgehead atoms. The summed E-state index contributed by atoms with van der Waals surface area (Å²) >= 11 is 1.39.